The van der Waals surface area contributed by atoms with Crippen LogP contribution in [0.2, 0.25) is 0 Å². The van der Waals surface area contributed by atoms with Crippen LogP contribution in [-0.2, 0) is 16.6 Å². The van der Waals surface area contributed by atoms with Gasteiger partial charge in [0, 0.05) is 44.4 Å². The van der Waals surface area contributed by atoms with Crippen molar-refractivity contribution in [1.29, 1.82) is 0 Å². The van der Waals surface area contributed by atoms with Crippen molar-refractivity contribution in [2.75, 3.05) is 26.2 Å². The molecule has 1 aliphatic rings. The zero-order chi connectivity index (χ0) is 25.6. The van der Waals surface area contributed by atoms with Gasteiger partial charge in [-0.05, 0) is 55.7 Å². The molecule has 0 amide bonds. The minimum absolute atomic E-state index is 0.305. The van der Waals surface area contributed by atoms with E-state index in [1.807, 2.05) is 26.8 Å². The number of nitrogens with zero attached hydrogens (tertiary/aromatic N) is 5. The van der Waals surface area contributed by atoms with E-state index in [0.29, 0.717) is 58.8 Å². The first-order valence-electron chi connectivity index (χ1n) is 11.6. The molecule has 3 heterocycles. The maximum absolute atomic E-state index is 13.6. The predicted octanol–water partition coefficient (Wildman–Crippen LogP) is 3.39. The van der Waals surface area contributed by atoms with E-state index >= 15 is 0 Å². The summed E-state index contributed by atoms with van der Waals surface area (Å²) >= 11 is 1.22. The van der Waals surface area contributed by atoms with E-state index in [0.717, 1.165) is 16.7 Å². The molecule has 0 spiro atoms. The molecule has 0 atom stereocenters. The molecule has 1 aliphatic heterocycles. The molecule has 0 radical (unpaired) electrons. The minimum atomic E-state index is -3.59. The van der Waals surface area contributed by atoms with Gasteiger partial charge in [0.15, 0.2) is 0 Å². The van der Waals surface area contributed by atoms with Gasteiger partial charge in [-0.2, -0.15) is 13.9 Å². The highest BCUT2D eigenvalue weighted by Crippen LogP contribution is 2.26. The summed E-state index contributed by atoms with van der Waals surface area (Å²) in [6, 6.07) is 11.2. The maximum Gasteiger partial charge on any atom is 0.275 e. The summed E-state index contributed by atoms with van der Waals surface area (Å²) in [6.07, 6.45) is 0. The van der Waals surface area contributed by atoms with E-state index in [1.165, 1.54) is 38.4 Å². The highest BCUT2D eigenvalue weighted by molar-refractivity contribution is 7.89. The average molecular weight is 528 g/mol. The van der Waals surface area contributed by atoms with Crippen LogP contribution >= 0.6 is 11.3 Å². The number of hydrogen-bond acceptors (Lipinski definition) is 7. The second kappa shape index (κ2) is 9.47. The van der Waals surface area contributed by atoms with Crippen molar-refractivity contribution in [3.8, 4) is 10.6 Å². The Kier molecular flexibility index (Phi) is 6.50. The zero-order valence-corrected chi connectivity index (χ0v) is 21.9. The molecule has 36 heavy (non-hydrogen) atoms. The van der Waals surface area contributed by atoms with Crippen LogP contribution < -0.4 is 5.56 Å². The molecule has 1 saturated heterocycles. The van der Waals surface area contributed by atoms with Gasteiger partial charge in [0.1, 0.15) is 10.8 Å². The van der Waals surface area contributed by atoms with Crippen LogP contribution in [0.3, 0.4) is 0 Å². The number of benzene rings is 2. The van der Waals surface area contributed by atoms with Crippen LogP contribution in [0, 0.1) is 26.6 Å². The maximum atomic E-state index is 13.6. The molecular weight excluding hydrogens is 501 g/mol. The first-order chi connectivity index (χ1) is 17.1. The molecule has 0 saturated carbocycles. The van der Waals surface area contributed by atoms with E-state index < -0.39 is 10.0 Å². The second-order valence-corrected chi connectivity index (χ2v) is 11.9. The standard InChI is InChI=1S/C25H26FN5O3S2/c1-16-11-18(3)22(12-17(16)2)36(33,34)30-9-7-29(8-10-30)15-21-14-23(32)31-25(27-21)35-24(28-31)19-5-4-6-20(26)13-19/h4-6,11-14H,7-10,15H2,1-3H3. The summed E-state index contributed by atoms with van der Waals surface area (Å²) in [5.74, 6) is -0.374. The van der Waals surface area contributed by atoms with Gasteiger partial charge in [-0.1, -0.05) is 29.5 Å². The Morgan fingerprint density at radius 2 is 1.69 bits per heavy atom. The molecule has 188 valence electrons. The molecule has 11 heteroatoms. The largest absolute Gasteiger partial charge is 0.295 e. The van der Waals surface area contributed by atoms with Gasteiger partial charge < -0.3 is 0 Å². The van der Waals surface area contributed by atoms with Crippen LogP contribution in [0.4, 0.5) is 4.39 Å². The van der Waals surface area contributed by atoms with Gasteiger partial charge in [-0.25, -0.2) is 17.8 Å². The van der Waals surface area contributed by atoms with Crippen molar-refractivity contribution in [2.24, 2.45) is 0 Å². The molecule has 0 aliphatic carbocycles. The highest BCUT2D eigenvalue weighted by atomic mass is 32.2. The number of piperazine rings is 1. The number of hydrogen-bond donors (Lipinski definition) is 0. The monoisotopic (exact) mass is 527 g/mol. The number of rotatable bonds is 5. The molecule has 4 aromatic rings. The molecule has 8 nitrogen and oxygen atoms in total. The first-order valence-corrected chi connectivity index (χ1v) is 13.8. The lowest BCUT2D eigenvalue weighted by molar-refractivity contribution is 0.180. The Hall–Kier alpha value is -2.99. The minimum Gasteiger partial charge on any atom is -0.295 e. The Morgan fingerprint density at radius 3 is 2.42 bits per heavy atom. The third-order valence-electron chi connectivity index (χ3n) is 6.50. The lowest BCUT2D eigenvalue weighted by atomic mass is 10.1. The van der Waals surface area contributed by atoms with Crippen LogP contribution in [0.5, 0.6) is 0 Å². The Morgan fingerprint density at radius 1 is 0.972 bits per heavy atom. The van der Waals surface area contributed by atoms with E-state index in [2.05, 4.69) is 15.0 Å². The third kappa shape index (κ3) is 4.71. The van der Waals surface area contributed by atoms with Gasteiger partial charge in [0.05, 0.1) is 10.6 Å². The fraction of sp³-hybridized carbons (Fsp3) is 0.320. The van der Waals surface area contributed by atoms with Crippen molar-refractivity contribution < 1.29 is 12.8 Å². The predicted molar refractivity (Wildman–Crippen MR) is 137 cm³/mol. The van der Waals surface area contributed by atoms with Crippen LogP contribution in [0.25, 0.3) is 15.5 Å². The molecule has 0 unspecified atom stereocenters. The van der Waals surface area contributed by atoms with Gasteiger partial charge in [0.25, 0.3) is 5.56 Å². The smallest absolute Gasteiger partial charge is 0.275 e. The van der Waals surface area contributed by atoms with Crippen LogP contribution in [-0.4, -0.2) is 58.4 Å². The van der Waals surface area contributed by atoms with Gasteiger partial charge in [-0.15, -0.1) is 0 Å². The Labute approximate surface area is 212 Å². The van der Waals surface area contributed by atoms with Gasteiger partial charge in [-0.3, -0.25) is 9.69 Å². The SMILES string of the molecule is Cc1cc(C)c(S(=O)(=O)N2CCN(Cc3cc(=O)n4nc(-c5cccc(F)c5)sc4n3)CC2)cc1C. The summed E-state index contributed by atoms with van der Waals surface area (Å²) in [5.41, 5.74) is 3.65. The summed E-state index contributed by atoms with van der Waals surface area (Å²) in [4.78, 5) is 20.1. The fourth-order valence-corrected chi connectivity index (χ4v) is 7.02. The number of fused-ring (bicyclic) bond motifs is 1. The average Bonchev–Trinajstić information content (AvgIpc) is 3.27. The molecule has 5 rings (SSSR count). The summed E-state index contributed by atoms with van der Waals surface area (Å²) in [5, 5.41) is 4.81. The summed E-state index contributed by atoms with van der Waals surface area (Å²) < 4.78 is 42.9. The van der Waals surface area contributed by atoms with E-state index in [1.54, 1.807) is 18.2 Å². The summed E-state index contributed by atoms with van der Waals surface area (Å²) in [7, 11) is -3.59. The van der Waals surface area contributed by atoms with Gasteiger partial charge in [0.2, 0.25) is 15.0 Å². The third-order valence-corrected chi connectivity index (χ3v) is 9.49. The topological polar surface area (TPSA) is 87.9 Å². The number of aryl methyl sites for hydroxylation is 3. The molecule has 2 aromatic carbocycles. The van der Waals surface area contributed by atoms with Crippen molar-refractivity contribution in [3.05, 3.63) is 81.0 Å². The van der Waals surface area contributed by atoms with E-state index in [4.69, 9.17) is 0 Å². The molecule has 0 N–H and O–H groups in total. The Balaban J connectivity index is 1.31. The van der Waals surface area contributed by atoms with E-state index in [-0.39, 0.29) is 11.4 Å². The van der Waals surface area contributed by atoms with Crippen molar-refractivity contribution in [1.82, 2.24) is 23.8 Å². The first kappa shape index (κ1) is 24.7. The lowest BCUT2D eigenvalue weighted by Crippen LogP contribution is -2.48. The fourth-order valence-electron chi connectivity index (χ4n) is 4.38. The molecular formula is C25H26FN5O3S2. The summed E-state index contributed by atoms with van der Waals surface area (Å²) in [6.45, 7) is 7.93. The zero-order valence-electron chi connectivity index (χ0n) is 20.2. The van der Waals surface area contributed by atoms with Gasteiger partial charge >= 0.3 is 0 Å². The molecule has 2 aromatic heterocycles. The van der Waals surface area contributed by atoms with Crippen molar-refractivity contribution >= 4 is 26.3 Å². The van der Waals surface area contributed by atoms with Crippen LogP contribution in [0.1, 0.15) is 22.4 Å². The van der Waals surface area contributed by atoms with Crippen LogP contribution in [0.15, 0.2) is 52.2 Å². The van der Waals surface area contributed by atoms with Crippen molar-refractivity contribution in [3.63, 3.8) is 0 Å². The van der Waals surface area contributed by atoms with Crippen molar-refractivity contribution in [2.45, 2.75) is 32.2 Å². The second-order valence-electron chi connectivity index (χ2n) is 9.08. The molecule has 0 bridgehead atoms. The molecule has 1 fully saturated rings. The lowest BCUT2D eigenvalue weighted by Gasteiger charge is -2.34. The Bertz CT molecular complexity index is 1620. The number of halogens is 1. The number of sulfonamides is 1. The normalized spacial score (nSPS) is 15.6. The van der Waals surface area contributed by atoms with E-state index in [9.17, 15) is 17.6 Å². The quantitative estimate of drug-likeness (QED) is 0.395. The number of aromatic nitrogens is 3. The highest BCUT2D eigenvalue weighted by Gasteiger charge is 2.30.